The van der Waals surface area contributed by atoms with Gasteiger partial charge in [0.15, 0.2) is 0 Å². The van der Waals surface area contributed by atoms with Gasteiger partial charge in [0.1, 0.15) is 0 Å². The van der Waals surface area contributed by atoms with Crippen molar-refractivity contribution >= 4 is 19.8 Å². The molecular weight excluding hydrogens is 345 g/mol. The Bertz CT molecular complexity index is 740. The molecule has 1 aromatic rings. The maximum Gasteiger partial charge on any atom is 0.276 e. The minimum atomic E-state index is -3.06. The topological polar surface area (TPSA) is 111 Å². The number of benzene rings is 1. The first-order chi connectivity index (χ1) is 12.0. The Balaban J connectivity index is 1.79. The summed E-state index contributed by atoms with van der Waals surface area (Å²) in [6.45, 7) is 0.794. The summed E-state index contributed by atoms with van der Waals surface area (Å²) in [7, 11) is -3.06. The molecule has 1 unspecified atom stereocenters. The van der Waals surface area contributed by atoms with Crippen molar-refractivity contribution in [1.82, 2.24) is 9.76 Å². The molecule has 25 heavy (non-hydrogen) atoms. The zero-order chi connectivity index (χ0) is 17.9. The van der Waals surface area contributed by atoms with Gasteiger partial charge in [0, 0.05) is 31.1 Å². The fourth-order valence-electron chi connectivity index (χ4n) is 2.54. The molecule has 132 valence electrons. The molecule has 2 aliphatic heterocycles. The number of non-ortho nitro benzene ring substituents is 1. The second kappa shape index (κ2) is 7.43. The number of nitro benzene ring substituents is 1. The van der Waals surface area contributed by atoms with E-state index in [9.17, 15) is 20.1 Å². The normalized spacial score (nSPS) is 23.0. The van der Waals surface area contributed by atoms with Crippen LogP contribution in [0.3, 0.4) is 0 Å². The number of hydrogen-bond acceptors (Lipinski definition) is 7. The van der Waals surface area contributed by atoms with Gasteiger partial charge in [0.05, 0.1) is 18.1 Å². The highest BCUT2D eigenvalue weighted by atomic mass is 31.2. The molecule has 0 bridgehead atoms. The minimum Gasteiger partial charge on any atom is -0.621 e. The van der Waals surface area contributed by atoms with Crippen molar-refractivity contribution < 1.29 is 19.4 Å². The molecule has 8 nitrogen and oxygen atoms in total. The van der Waals surface area contributed by atoms with Gasteiger partial charge >= 0.3 is 0 Å². The second-order valence-electron chi connectivity index (χ2n) is 5.57. The summed E-state index contributed by atoms with van der Waals surface area (Å²) in [5.74, 6) is 0. The molecule has 0 aromatic heterocycles. The second-order valence-corrected chi connectivity index (χ2v) is 7.65. The van der Waals surface area contributed by atoms with E-state index >= 15 is 0 Å². The Kier molecular flexibility index (Phi) is 5.27. The highest BCUT2D eigenvalue weighted by molar-refractivity contribution is 7.59. The SMILES string of the molecule is O=[N+]([O-])c1ccc(C=C2C=CN([P+]3([O-])NCCCO3)C=C2)c(CO)c1. The summed E-state index contributed by atoms with van der Waals surface area (Å²) in [4.78, 5) is 23.0. The number of hydrogen-bond donors (Lipinski definition) is 2. The molecule has 0 amide bonds. The molecule has 0 aliphatic carbocycles. The zero-order valence-electron chi connectivity index (χ0n) is 13.4. The third-order valence-corrected chi connectivity index (χ3v) is 5.90. The van der Waals surface area contributed by atoms with Crippen LogP contribution in [0.15, 0.2) is 48.3 Å². The van der Waals surface area contributed by atoms with Gasteiger partial charge in [0.2, 0.25) is 0 Å². The molecule has 1 atom stereocenters. The monoisotopic (exact) mass is 363 g/mol. The van der Waals surface area contributed by atoms with Gasteiger partial charge in [0.25, 0.3) is 13.7 Å². The lowest BCUT2D eigenvalue weighted by Gasteiger charge is -2.38. The van der Waals surface area contributed by atoms with Crippen molar-refractivity contribution in [3.8, 4) is 0 Å². The molecule has 2 N–H and O–H groups in total. The summed E-state index contributed by atoms with van der Waals surface area (Å²) in [5.41, 5.74) is 1.90. The van der Waals surface area contributed by atoms with E-state index in [1.165, 1.54) is 16.8 Å². The lowest BCUT2D eigenvalue weighted by atomic mass is 10.0. The average molecular weight is 363 g/mol. The first kappa shape index (κ1) is 17.7. The summed E-state index contributed by atoms with van der Waals surface area (Å²) in [6.07, 6.45) is 9.47. The van der Waals surface area contributed by atoms with Gasteiger partial charge in [-0.25, -0.2) is 0 Å². The van der Waals surface area contributed by atoms with Gasteiger partial charge in [-0.2, -0.15) is 14.3 Å². The van der Waals surface area contributed by atoms with E-state index in [2.05, 4.69) is 5.09 Å². The molecule has 1 saturated heterocycles. The van der Waals surface area contributed by atoms with Crippen LogP contribution < -0.4 is 9.98 Å². The maximum atomic E-state index is 12.6. The number of nitro groups is 1. The fourth-order valence-corrected chi connectivity index (χ4v) is 4.23. The van der Waals surface area contributed by atoms with Crippen molar-refractivity contribution in [3.63, 3.8) is 0 Å². The third kappa shape index (κ3) is 3.95. The lowest BCUT2D eigenvalue weighted by molar-refractivity contribution is -0.384. The molecule has 0 radical (unpaired) electrons. The van der Waals surface area contributed by atoms with E-state index in [0.29, 0.717) is 24.3 Å². The van der Waals surface area contributed by atoms with Crippen molar-refractivity contribution in [2.24, 2.45) is 0 Å². The Morgan fingerprint density at radius 3 is 2.76 bits per heavy atom. The molecule has 2 aliphatic rings. The van der Waals surface area contributed by atoms with E-state index in [4.69, 9.17) is 4.52 Å². The van der Waals surface area contributed by atoms with Gasteiger partial charge in [-0.3, -0.25) is 10.1 Å². The summed E-state index contributed by atoms with van der Waals surface area (Å²) in [6, 6.07) is 4.34. The standard InChI is InChI=1S/C16H18N3O5P/c20-12-15-11-16(19(21)22)3-2-14(15)10-13-4-7-18(8-5-13)25(23)17-6-1-9-24-25/h2-5,7-8,10-11,20H,1,6,9,12H2,(H,17,23). The fraction of sp³-hybridized carbons (Fsp3) is 0.250. The van der Waals surface area contributed by atoms with Crippen LogP contribution >= 0.6 is 8.02 Å². The van der Waals surface area contributed by atoms with Crippen LogP contribution in [0.1, 0.15) is 17.5 Å². The maximum absolute atomic E-state index is 12.6. The van der Waals surface area contributed by atoms with Crippen LogP contribution in [0.4, 0.5) is 5.69 Å². The van der Waals surface area contributed by atoms with Crippen LogP contribution in [-0.4, -0.2) is 27.9 Å². The highest BCUT2D eigenvalue weighted by Gasteiger charge is 2.36. The van der Waals surface area contributed by atoms with Crippen molar-refractivity contribution in [2.75, 3.05) is 13.2 Å². The van der Waals surface area contributed by atoms with Crippen molar-refractivity contribution in [3.05, 3.63) is 69.6 Å². The molecule has 2 heterocycles. The Morgan fingerprint density at radius 1 is 1.40 bits per heavy atom. The molecular formula is C16H18N3O5P. The van der Waals surface area contributed by atoms with Gasteiger partial charge in [-0.15, -0.1) is 0 Å². The predicted molar refractivity (Wildman–Crippen MR) is 92.6 cm³/mol. The largest absolute Gasteiger partial charge is 0.621 e. The molecule has 9 heteroatoms. The van der Waals surface area contributed by atoms with Gasteiger partial charge < -0.3 is 10.00 Å². The third-order valence-electron chi connectivity index (χ3n) is 3.87. The summed E-state index contributed by atoms with van der Waals surface area (Å²) >= 11 is 0. The number of nitrogens with zero attached hydrogens (tertiary/aromatic N) is 2. The molecule has 0 spiro atoms. The number of nitrogens with one attached hydrogen (secondary N) is 1. The highest BCUT2D eigenvalue weighted by Crippen LogP contribution is 2.53. The predicted octanol–water partition coefficient (Wildman–Crippen LogP) is 1.86. The van der Waals surface area contributed by atoms with Crippen molar-refractivity contribution in [1.29, 1.82) is 0 Å². The van der Waals surface area contributed by atoms with Gasteiger partial charge in [-0.1, -0.05) is 0 Å². The number of allylic oxidation sites excluding steroid dienone is 3. The van der Waals surface area contributed by atoms with Crippen LogP contribution in [0.25, 0.3) is 6.08 Å². The van der Waals surface area contributed by atoms with E-state index in [1.54, 1.807) is 36.7 Å². The molecule has 1 aromatic carbocycles. The lowest BCUT2D eigenvalue weighted by Crippen LogP contribution is -2.40. The van der Waals surface area contributed by atoms with E-state index in [-0.39, 0.29) is 12.3 Å². The number of rotatable bonds is 4. The van der Waals surface area contributed by atoms with Crippen LogP contribution in [0, 0.1) is 10.1 Å². The Labute approximate surface area is 145 Å². The van der Waals surface area contributed by atoms with Crippen molar-refractivity contribution in [2.45, 2.75) is 13.0 Å². The average Bonchev–Trinajstić information content (AvgIpc) is 2.63. The number of aliphatic hydroxyl groups excluding tert-OH is 1. The quantitative estimate of drug-likeness (QED) is 0.477. The van der Waals surface area contributed by atoms with Crippen LogP contribution in [-0.2, 0) is 11.1 Å². The number of aliphatic hydroxyl groups is 1. The minimum absolute atomic E-state index is 0.0641. The van der Waals surface area contributed by atoms with Crippen LogP contribution in [0.2, 0.25) is 0 Å². The van der Waals surface area contributed by atoms with E-state index in [0.717, 1.165) is 12.0 Å². The first-order valence-electron chi connectivity index (χ1n) is 7.77. The molecule has 0 saturated carbocycles. The first-order valence-corrected chi connectivity index (χ1v) is 9.34. The van der Waals surface area contributed by atoms with E-state index in [1.807, 2.05) is 0 Å². The Morgan fingerprint density at radius 2 is 2.16 bits per heavy atom. The summed E-state index contributed by atoms with van der Waals surface area (Å²) < 4.78 is 6.90. The van der Waals surface area contributed by atoms with Crippen LogP contribution in [0.5, 0.6) is 0 Å². The van der Waals surface area contributed by atoms with Gasteiger partial charge in [-0.05, 0) is 47.4 Å². The molecule has 3 rings (SSSR count). The Hall–Kier alpha value is -2.09. The van der Waals surface area contributed by atoms with E-state index < -0.39 is 12.9 Å². The zero-order valence-corrected chi connectivity index (χ0v) is 14.3. The molecule has 1 fully saturated rings. The smallest absolute Gasteiger partial charge is 0.276 e. The summed E-state index contributed by atoms with van der Waals surface area (Å²) in [5, 5.41) is 23.2.